The minimum Gasteiger partial charge on any atom is -0.453 e. The molecule has 1 aromatic rings. The molecule has 6 nitrogen and oxygen atoms in total. The highest BCUT2D eigenvalue weighted by atomic mass is 16.7. The Labute approximate surface area is 119 Å². The Morgan fingerprint density at radius 2 is 1.90 bits per heavy atom. The van der Waals surface area contributed by atoms with Crippen molar-refractivity contribution in [2.75, 3.05) is 12.4 Å². The number of hydrogen-bond acceptors (Lipinski definition) is 5. The van der Waals surface area contributed by atoms with E-state index in [0.29, 0.717) is 5.82 Å². The number of pyridine rings is 1. The lowest BCUT2D eigenvalue weighted by Gasteiger charge is -2.32. The summed E-state index contributed by atoms with van der Waals surface area (Å²) in [5.74, 6) is 0.393. The summed E-state index contributed by atoms with van der Waals surface area (Å²) in [6.45, 7) is 7.95. The van der Waals surface area contributed by atoms with Gasteiger partial charge in [0.05, 0.1) is 18.3 Å². The van der Waals surface area contributed by atoms with Crippen LogP contribution in [0.2, 0.25) is 0 Å². The maximum Gasteiger partial charge on any atom is 0.495 e. The fourth-order valence-electron chi connectivity index (χ4n) is 1.80. The van der Waals surface area contributed by atoms with Crippen molar-refractivity contribution in [2.45, 2.75) is 38.9 Å². The lowest BCUT2D eigenvalue weighted by molar-refractivity contribution is 0.00578. The van der Waals surface area contributed by atoms with Gasteiger partial charge in [-0.3, -0.25) is 5.32 Å². The van der Waals surface area contributed by atoms with E-state index in [-0.39, 0.29) is 0 Å². The molecule has 0 bridgehead atoms. The second kappa shape index (κ2) is 5.07. The van der Waals surface area contributed by atoms with E-state index in [1.165, 1.54) is 7.11 Å². The first kappa shape index (κ1) is 14.8. The zero-order chi connectivity index (χ0) is 15.0. The van der Waals surface area contributed by atoms with Gasteiger partial charge in [0.15, 0.2) is 0 Å². The van der Waals surface area contributed by atoms with Crippen LogP contribution in [-0.2, 0) is 14.0 Å². The van der Waals surface area contributed by atoms with Crippen molar-refractivity contribution in [3.8, 4) is 0 Å². The molecule has 108 valence electrons. The molecule has 20 heavy (non-hydrogen) atoms. The van der Waals surface area contributed by atoms with Gasteiger partial charge in [0.1, 0.15) is 5.82 Å². The molecule has 0 aromatic carbocycles. The zero-order valence-electron chi connectivity index (χ0n) is 12.4. The average Bonchev–Trinajstić information content (AvgIpc) is 2.59. The molecular weight excluding hydrogens is 259 g/mol. The number of hydrogen-bond donors (Lipinski definition) is 1. The van der Waals surface area contributed by atoms with Crippen molar-refractivity contribution in [1.82, 2.24) is 4.98 Å². The standard InChI is InChI=1S/C13H19BN2O4/c1-12(2)13(3,4)20-14(19-12)9-6-7-15-10(8-9)16-11(17)18-5/h6-8H,1-5H3,(H,15,16,17). The summed E-state index contributed by atoms with van der Waals surface area (Å²) in [4.78, 5) is 15.2. The van der Waals surface area contributed by atoms with Crippen LogP contribution in [0.15, 0.2) is 18.3 Å². The summed E-state index contributed by atoms with van der Waals surface area (Å²) in [6, 6.07) is 3.50. The van der Waals surface area contributed by atoms with Gasteiger partial charge in [-0.1, -0.05) is 0 Å². The van der Waals surface area contributed by atoms with Gasteiger partial charge in [0.2, 0.25) is 0 Å². The van der Waals surface area contributed by atoms with Crippen molar-refractivity contribution < 1.29 is 18.8 Å². The fourth-order valence-corrected chi connectivity index (χ4v) is 1.80. The second-order valence-electron chi connectivity index (χ2n) is 5.68. The van der Waals surface area contributed by atoms with Crippen LogP contribution in [0.1, 0.15) is 27.7 Å². The summed E-state index contributed by atoms with van der Waals surface area (Å²) in [5.41, 5.74) is -0.0154. The van der Waals surface area contributed by atoms with Crippen LogP contribution in [-0.4, -0.2) is 36.5 Å². The number of methoxy groups -OCH3 is 1. The molecular formula is C13H19BN2O4. The quantitative estimate of drug-likeness (QED) is 0.831. The lowest BCUT2D eigenvalue weighted by Crippen LogP contribution is -2.41. The third-order valence-electron chi connectivity index (χ3n) is 3.72. The highest BCUT2D eigenvalue weighted by Crippen LogP contribution is 2.36. The monoisotopic (exact) mass is 278 g/mol. The number of nitrogens with zero attached hydrogens (tertiary/aromatic N) is 1. The van der Waals surface area contributed by atoms with E-state index >= 15 is 0 Å². The van der Waals surface area contributed by atoms with Gasteiger partial charge in [-0.25, -0.2) is 9.78 Å². The van der Waals surface area contributed by atoms with Crippen LogP contribution < -0.4 is 10.8 Å². The number of aromatic nitrogens is 1. The Morgan fingerprint density at radius 1 is 1.30 bits per heavy atom. The van der Waals surface area contributed by atoms with Crippen molar-refractivity contribution in [3.63, 3.8) is 0 Å². The van der Waals surface area contributed by atoms with E-state index in [1.54, 1.807) is 18.3 Å². The van der Waals surface area contributed by atoms with Crippen LogP contribution >= 0.6 is 0 Å². The molecule has 7 heteroatoms. The molecule has 0 radical (unpaired) electrons. The van der Waals surface area contributed by atoms with Gasteiger partial charge in [-0.05, 0) is 45.3 Å². The summed E-state index contributed by atoms with van der Waals surface area (Å²) < 4.78 is 16.4. The molecule has 1 aliphatic heterocycles. The fraction of sp³-hybridized carbons (Fsp3) is 0.538. The Hall–Kier alpha value is -1.60. The smallest absolute Gasteiger partial charge is 0.453 e. The van der Waals surface area contributed by atoms with E-state index in [0.717, 1.165) is 5.46 Å². The first-order valence-corrected chi connectivity index (χ1v) is 6.42. The predicted octanol–water partition coefficient (Wildman–Crippen LogP) is 1.56. The summed E-state index contributed by atoms with van der Waals surface area (Å²) in [6.07, 6.45) is 1.02. The average molecular weight is 278 g/mol. The molecule has 0 saturated carbocycles. The number of amides is 1. The van der Waals surface area contributed by atoms with Gasteiger partial charge < -0.3 is 14.0 Å². The molecule has 2 rings (SSSR count). The Morgan fingerprint density at radius 3 is 2.45 bits per heavy atom. The molecule has 0 aliphatic carbocycles. The minimum absolute atomic E-state index is 0.393. The SMILES string of the molecule is COC(=O)Nc1cc(B2OC(C)(C)C(C)(C)O2)ccn1. The third kappa shape index (κ3) is 2.78. The molecule has 1 amide bonds. The molecule has 1 saturated heterocycles. The normalized spacial score (nSPS) is 19.8. The van der Waals surface area contributed by atoms with Crippen molar-refractivity contribution >= 4 is 24.5 Å². The second-order valence-corrected chi connectivity index (χ2v) is 5.68. The molecule has 1 aromatic heterocycles. The molecule has 1 N–H and O–H groups in total. The summed E-state index contributed by atoms with van der Waals surface area (Å²) in [7, 11) is 0.814. The molecule has 0 spiro atoms. The van der Waals surface area contributed by atoms with Crippen molar-refractivity contribution in [3.05, 3.63) is 18.3 Å². The van der Waals surface area contributed by atoms with E-state index in [9.17, 15) is 4.79 Å². The van der Waals surface area contributed by atoms with Gasteiger partial charge in [-0.15, -0.1) is 0 Å². The van der Waals surface area contributed by atoms with Gasteiger partial charge in [0, 0.05) is 6.20 Å². The number of nitrogens with one attached hydrogen (secondary N) is 1. The highest BCUT2D eigenvalue weighted by molar-refractivity contribution is 6.62. The Balaban J connectivity index is 2.19. The van der Waals surface area contributed by atoms with Crippen molar-refractivity contribution in [2.24, 2.45) is 0 Å². The largest absolute Gasteiger partial charge is 0.495 e. The van der Waals surface area contributed by atoms with E-state index in [1.807, 2.05) is 27.7 Å². The maximum absolute atomic E-state index is 11.2. The third-order valence-corrected chi connectivity index (χ3v) is 3.72. The molecule has 0 unspecified atom stereocenters. The lowest BCUT2D eigenvalue weighted by atomic mass is 9.80. The van der Waals surface area contributed by atoms with Gasteiger partial charge >= 0.3 is 13.2 Å². The Bertz CT molecular complexity index is 503. The first-order chi connectivity index (χ1) is 9.25. The Kier molecular flexibility index (Phi) is 3.75. The van der Waals surface area contributed by atoms with Crippen LogP contribution in [0.5, 0.6) is 0 Å². The number of anilines is 1. The molecule has 0 atom stereocenters. The predicted molar refractivity (Wildman–Crippen MR) is 76.0 cm³/mol. The van der Waals surface area contributed by atoms with E-state index in [4.69, 9.17) is 9.31 Å². The maximum atomic E-state index is 11.2. The molecule has 1 aliphatic rings. The number of carbonyl (C=O) groups excluding carboxylic acids is 1. The zero-order valence-corrected chi connectivity index (χ0v) is 12.4. The topological polar surface area (TPSA) is 69.7 Å². The van der Waals surface area contributed by atoms with Gasteiger partial charge in [-0.2, -0.15) is 0 Å². The number of rotatable bonds is 2. The highest BCUT2D eigenvalue weighted by Gasteiger charge is 2.51. The van der Waals surface area contributed by atoms with Crippen LogP contribution in [0.4, 0.5) is 10.6 Å². The summed E-state index contributed by atoms with van der Waals surface area (Å²) >= 11 is 0. The molecule has 2 heterocycles. The van der Waals surface area contributed by atoms with E-state index in [2.05, 4.69) is 15.0 Å². The number of carbonyl (C=O) groups is 1. The minimum atomic E-state index is -0.566. The van der Waals surface area contributed by atoms with E-state index < -0.39 is 24.4 Å². The van der Waals surface area contributed by atoms with Crippen LogP contribution in [0, 0.1) is 0 Å². The first-order valence-electron chi connectivity index (χ1n) is 6.42. The van der Waals surface area contributed by atoms with Crippen LogP contribution in [0.25, 0.3) is 0 Å². The molecule has 1 fully saturated rings. The summed E-state index contributed by atoms with van der Waals surface area (Å²) in [5, 5.41) is 2.51. The van der Waals surface area contributed by atoms with Crippen LogP contribution in [0.3, 0.4) is 0 Å². The number of ether oxygens (including phenoxy) is 1. The van der Waals surface area contributed by atoms with Crippen molar-refractivity contribution in [1.29, 1.82) is 0 Å². The van der Waals surface area contributed by atoms with Gasteiger partial charge in [0.25, 0.3) is 0 Å².